The fourth-order valence-electron chi connectivity index (χ4n) is 4.27. The van der Waals surface area contributed by atoms with E-state index in [1.165, 1.54) is 4.90 Å². The summed E-state index contributed by atoms with van der Waals surface area (Å²) in [6.45, 7) is 4.04. The summed E-state index contributed by atoms with van der Waals surface area (Å²) in [5.41, 5.74) is 2.52. The van der Waals surface area contributed by atoms with E-state index in [1.807, 2.05) is 30.3 Å². The molecular weight excluding hydrogens is 419 g/mol. The highest BCUT2D eigenvalue weighted by atomic mass is 35.5. The van der Waals surface area contributed by atoms with E-state index in [0.29, 0.717) is 45.8 Å². The molecule has 0 spiro atoms. The van der Waals surface area contributed by atoms with Crippen molar-refractivity contribution in [3.05, 3.63) is 75.4 Å². The first-order chi connectivity index (χ1) is 14.5. The van der Waals surface area contributed by atoms with Crippen molar-refractivity contribution in [3.63, 3.8) is 0 Å². The fraction of sp³-hybridized carbons (Fsp3) is 0.333. The first-order valence-corrected chi connectivity index (χ1v) is 11.1. The number of amides is 2. The molecule has 0 bridgehead atoms. The van der Waals surface area contributed by atoms with Crippen molar-refractivity contribution in [3.8, 4) is 0 Å². The number of piperidine rings is 1. The molecule has 0 N–H and O–H groups in total. The molecule has 0 saturated carbocycles. The lowest BCUT2D eigenvalue weighted by Crippen LogP contribution is -2.39. The molecule has 0 aromatic heterocycles. The van der Waals surface area contributed by atoms with Crippen LogP contribution in [0.15, 0.2) is 54.2 Å². The Kier molecular flexibility index (Phi) is 6.16. The molecule has 4 rings (SSSR count). The number of benzene rings is 2. The summed E-state index contributed by atoms with van der Waals surface area (Å²) in [6.07, 6.45) is 2.74. The van der Waals surface area contributed by atoms with Crippen molar-refractivity contribution in [1.82, 2.24) is 9.80 Å². The molecule has 4 nitrogen and oxygen atoms in total. The van der Waals surface area contributed by atoms with Gasteiger partial charge in [0.25, 0.3) is 11.8 Å². The lowest BCUT2D eigenvalue weighted by atomic mass is 9.97. The topological polar surface area (TPSA) is 40.6 Å². The summed E-state index contributed by atoms with van der Waals surface area (Å²) in [5, 5.41) is 0.876. The number of nitrogens with zero attached hydrogens (tertiary/aromatic N) is 2. The Morgan fingerprint density at radius 1 is 1.03 bits per heavy atom. The van der Waals surface area contributed by atoms with Gasteiger partial charge in [-0.3, -0.25) is 14.5 Å². The number of carbonyl (C=O) groups excluding carboxylic acids is 2. The predicted octanol–water partition coefficient (Wildman–Crippen LogP) is 5.05. The van der Waals surface area contributed by atoms with Gasteiger partial charge in [0.15, 0.2) is 0 Å². The van der Waals surface area contributed by atoms with Gasteiger partial charge in [-0.15, -0.1) is 0 Å². The SMILES string of the molecule is CC1CCCN(C2=C(c3ccc(Cl)cc3Cl)C(=O)N(CCc3ccccc3)C2=O)C1. The second kappa shape index (κ2) is 8.83. The molecule has 156 valence electrons. The van der Waals surface area contributed by atoms with Crippen LogP contribution in [0, 0.1) is 5.92 Å². The van der Waals surface area contributed by atoms with Crippen LogP contribution in [0.4, 0.5) is 0 Å². The zero-order chi connectivity index (χ0) is 21.3. The standard InChI is InChI=1S/C24H24Cl2N2O2/c1-16-6-5-12-27(15-16)22-21(19-10-9-18(25)14-20(19)26)23(29)28(24(22)30)13-11-17-7-3-2-4-8-17/h2-4,7-10,14,16H,5-6,11-13,15H2,1H3. The van der Waals surface area contributed by atoms with Gasteiger partial charge in [-0.25, -0.2) is 0 Å². The number of hydrogen-bond acceptors (Lipinski definition) is 3. The Labute approximate surface area is 187 Å². The van der Waals surface area contributed by atoms with E-state index < -0.39 is 0 Å². The molecule has 30 heavy (non-hydrogen) atoms. The smallest absolute Gasteiger partial charge is 0.277 e. The van der Waals surface area contributed by atoms with Crippen LogP contribution < -0.4 is 0 Å². The molecule has 2 aromatic rings. The van der Waals surface area contributed by atoms with Crippen molar-refractivity contribution in [2.24, 2.45) is 5.92 Å². The fourth-order valence-corrected chi connectivity index (χ4v) is 4.78. The zero-order valence-electron chi connectivity index (χ0n) is 16.9. The summed E-state index contributed by atoms with van der Waals surface area (Å²) in [7, 11) is 0. The summed E-state index contributed by atoms with van der Waals surface area (Å²) in [5.74, 6) is -0.0473. The van der Waals surface area contributed by atoms with Crippen LogP contribution >= 0.6 is 23.2 Å². The van der Waals surface area contributed by atoms with Crippen molar-refractivity contribution in [2.75, 3.05) is 19.6 Å². The maximum absolute atomic E-state index is 13.4. The van der Waals surface area contributed by atoms with E-state index in [4.69, 9.17) is 23.2 Å². The number of hydrogen-bond donors (Lipinski definition) is 0. The van der Waals surface area contributed by atoms with Crippen LogP contribution in [0.5, 0.6) is 0 Å². The van der Waals surface area contributed by atoms with Gasteiger partial charge in [-0.1, -0.05) is 66.5 Å². The van der Waals surface area contributed by atoms with Gasteiger partial charge in [0.1, 0.15) is 5.70 Å². The molecule has 2 aromatic carbocycles. The molecule has 1 unspecified atom stereocenters. The molecule has 1 atom stereocenters. The predicted molar refractivity (Wildman–Crippen MR) is 120 cm³/mol. The van der Waals surface area contributed by atoms with Gasteiger partial charge in [-0.05, 0) is 42.9 Å². The first kappa shape index (κ1) is 21.0. The number of carbonyl (C=O) groups is 2. The monoisotopic (exact) mass is 442 g/mol. The summed E-state index contributed by atoms with van der Waals surface area (Å²) >= 11 is 12.5. The third-order valence-electron chi connectivity index (χ3n) is 5.78. The second-order valence-electron chi connectivity index (χ2n) is 8.04. The molecule has 0 radical (unpaired) electrons. The Bertz CT molecular complexity index is 1000. The molecule has 2 aliphatic heterocycles. The van der Waals surface area contributed by atoms with Crippen LogP contribution in [0.2, 0.25) is 10.0 Å². The first-order valence-electron chi connectivity index (χ1n) is 10.3. The average Bonchev–Trinajstić information content (AvgIpc) is 2.97. The van der Waals surface area contributed by atoms with Crippen LogP contribution in [-0.4, -0.2) is 41.2 Å². The van der Waals surface area contributed by atoms with Gasteiger partial charge < -0.3 is 4.90 Å². The highest BCUT2D eigenvalue weighted by molar-refractivity contribution is 6.41. The van der Waals surface area contributed by atoms with Crippen molar-refractivity contribution in [1.29, 1.82) is 0 Å². The second-order valence-corrected chi connectivity index (χ2v) is 8.88. The largest absolute Gasteiger partial charge is 0.366 e. The molecule has 1 saturated heterocycles. The number of imide groups is 1. The average molecular weight is 443 g/mol. The summed E-state index contributed by atoms with van der Waals surface area (Å²) in [4.78, 5) is 30.3. The normalized spacial score (nSPS) is 19.8. The van der Waals surface area contributed by atoms with E-state index in [0.717, 1.165) is 31.5 Å². The third-order valence-corrected chi connectivity index (χ3v) is 6.33. The zero-order valence-corrected chi connectivity index (χ0v) is 18.4. The highest BCUT2D eigenvalue weighted by Gasteiger charge is 2.42. The summed E-state index contributed by atoms with van der Waals surface area (Å²) < 4.78 is 0. The molecule has 6 heteroatoms. The molecular formula is C24H24Cl2N2O2. The lowest BCUT2D eigenvalue weighted by molar-refractivity contribution is -0.137. The van der Waals surface area contributed by atoms with Crippen molar-refractivity contribution >= 4 is 40.6 Å². The van der Waals surface area contributed by atoms with E-state index >= 15 is 0 Å². The van der Waals surface area contributed by atoms with Gasteiger partial charge >= 0.3 is 0 Å². The van der Waals surface area contributed by atoms with E-state index in [2.05, 4.69) is 11.8 Å². The Hall–Kier alpha value is -2.30. The number of halogens is 2. The summed E-state index contributed by atoms with van der Waals surface area (Å²) in [6, 6.07) is 14.9. The lowest BCUT2D eigenvalue weighted by Gasteiger charge is -2.33. The van der Waals surface area contributed by atoms with Crippen molar-refractivity contribution < 1.29 is 9.59 Å². The quantitative estimate of drug-likeness (QED) is 0.608. The highest BCUT2D eigenvalue weighted by Crippen LogP contribution is 2.37. The van der Waals surface area contributed by atoms with Crippen LogP contribution in [0.3, 0.4) is 0 Å². The van der Waals surface area contributed by atoms with Crippen LogP contribution in [0.25, 0.3) is 5.57 Å². The maximum Gasteiger partial charge on any atom is 0.277 e. The van der Waals surface area contributed by atoms with Gasteiger partial charge in [0.2, 0.25) is 0 Å². The molecule has 0 aliphatic carbocycles. The van der Waals surface area contributed by atoms with Crippen LogP contribution in [-0.2, 0) is 16.0 Å². The Balaban J connectivity index is 1.70. The Morgan fingerprint density at radius 3 is 2.50 bits per heavy atom. The minimum atomic E-state index is -0.284. The molecule has 2 heterocycles. The Morgan fingerprint density at radius 2 is 1.80 bits per heavy atom. The minimum Gasteiger partial charge on any atom is -0.366 e. The maximum atomic E-state index is 13.4. The van der Waals surface area contributed by atoms with Crippen LogP contribution in [0.1, 0.15) is 30.9 Å². The van der Waals surface area contributed by atoms with Gasteiger partial charge in [0.05, 0.1) is 10.6 Å². The molecule has 1 fully saturated rings. The minimum absolute atomic E-state index is 0.231. The third kappa shape index (κ3) is 4.12. The van der Waals surface area contributed by atoms with E-state index in [-0.39, 0.29) is 11.8 Å². The van der Waals surface area contributed by atoms with Gasteiger partial charge in [0, 0.05) is 30.2 Å². The molecule has 2 amide bonds. The molecule has 2 aliphatic rings. The van der Waals surface area contributed by atoms with Crippen molar-refractivity contribution in [2.45, 2.75) is 26.2 Å². The van der Waals surface area contributed by atoms with E-state index in [1.54, 1.807) is 18.2 Å². The van der Waals surface area contributed by atoms with Gasteiger partial charge in [-0.2, -0.15) is 0 Å². The number of likely N-dealkylation sites (tertiary alicyclic amines) is 1. The number of rotatable bonds is 5. The van der Waals surface area contributed by atoms with E-state index in [9.17, 15) is 9.59 Å².